The standard InChI is InChI=1S/C3H8N2O3.Zn/c4-1-2-5-8-3(6)7;/h5H,1-2,4H2,(H,6,7);. The summed E-state index contributed by atoms with van der Waals surface area (Å²) in [6.45, 7) is 0.694. The van der Waals surface area contributed by atoms with E-state index in [1.54, 1.807) is 0 Å². The molecule has 4 N–H and O–H groups in total. The van der Waals surface area contributed by atoms with Gasteiger partial charge in [0.2, 0.25) is 0 Å². The van der Waals surface area contributed by atoms with E-state index in [1.807, 2.05) is 0 Å². The summed E-state index contributed by atoms with van der Waals surface area (Å²) in [4.78, 5) is 13.4. The van der Waals surface area contributed by atoms with Crippen LogP contribution in [-0.2, 0) is 24.3 Å². The fourth-order valence-electron chi connectivity index (χ4n) is 0.172. The van der Waals surface area contributed by atoms with Crippen molar-refractivity contribution in [1.29, 1.82) is 0 Å². The number of nitrogens with two attached hydrogens (primary N) is 1. The summed E-state index contributed by atoms with van der Waals surface area (Å²) in [5.41, 5.74) is 7.09. The van der Waals surface area contributed by atoms with Gasteiger partial charge in [0.15, 0.2) is 0 Å². The van der Waals surface area contributed by atoms with E-state index < -0.39 is 6.16 Å². The first kappa shape index (κ1) is 11.6. The van der Waals surface area contributed by atoms with E-state index in [1.165, 1.54) is 0 Å². The molecule has 0 amide bonds. The molecular formula is C3H8N2O3Zn. The second-order valence-corrected chi connectivity index (χ2v) is 1.05. The molecule has 0 aromatic heterocycles. The first-order chi connectivity index (χ1) is 3.77. The molecule has 0 fully saturated rings. The summed E-state index contributed by atoms with van der Waals surface area (Å²) in [7, 11) is 0. The van der Waals surface area contributed by atoms with Gasteiger partial charge in [-0.15, -0.1) is 5.48 Å². The average Bonchev–Trinajstić information content (AvgIpc) is 1.66. The summed E-state index contributed by atoms with van der Waals surface area (Å²) in [5.74, 6) is 0. The van der Waals surface area contributed by atoms with Crippen molar-refractivity contribution < 1.29 is 34.2 Å². The molecule has 50 valence electrons. The topological polar surface area (TPSA) is 84.6 Å². The Hall–Kier alpha value is -0.187. The van der Waals surface area contributed by atoms with Crippen molar-refractivity contribution in [3.05, 3.63) is 0 Å². The molecule has 0 saturated heterocycles. The quantitative estimate of drug-likeness (QED) is 0.303. The Balaban J connectivity index is 0. The van der Waals surface area contributed by atoms with Gasteiger partial charge in [-0.1, -0.05) is 0 Å². The Labute approximate surface area is 65.3 Å². The minimum absolute atomic E-state index is 0. The monoisotopic (exact) mass is 184 g/mol. The second kappa shape index (κ2) is 7.81. The van der Waals surface area contributed by atoms with Crippen molar-refractivity contribution in [1.82, 2.24) is 5.48 Å². The molecule has 0 atom stereocenters. The molecule has 0 rings (SSSR count). The third kappa shape index (κ3) is 11.4. The number of carboxylic acid groups (broad SMARTS) is 1. The van der Waals surface area contributed by atoms with Gasteiger partial charge in [-0.2, -0.15) is 0 Å². The molecule has 0 aliphatic heterocycles. The largest absolute Gasteiger partial charge is 0.525 e. The van der Waals surface area contributed by atoms with Crippen molar-refractivity contribution in [2.45, 2.75) is 0 Å². The second-order valence-electron chi connectivity index (χ2n) is 1.05. The van der Waals surface area contributed by atoms with Crippen LogP contribution in [0.3, 0.4) is 0 Å². The zero-order valence-electron chi connectivity index (χ0n) is 4.96. The van der Waals surface area contributed by atoms with E-state index >= 15 is 0 Å². The van der Waals surface area contributed by atoms with Gasteiger partial charge in [0.05, 0.1) is 0 Å². The number of hydrogen-bond acceptors (Lipinski definition) is 4. The Morgan fingerprint density at radius 3 is 2.67 bits per heavy atom. The minimum Gasteiger partial charge on any atom is -0.448 e. The van der Waals surface area contributed by atoms with Crippen LogP contribution in [0.25, 0.3) is 0 Å². The van der Waals surface area contributed by atoms with Crippen LogP contribution >= 0.6 is 0 Å². The Morgan fingerprint density at radius 2 is 2.33 bits per heavy atom. The molecule has 0 aliphatic rings. The third-order valence-electron chi connectivity index (χ3n) is 0.406. The minimum atomic E-state index is -1.35. The van der Waals surface area contributed by atoms with Crippen molar-refractivity contribution in [2.24, 2.45) is 5.73 Å². The van der Waals surface area contributed by atoms with E-state index in [2.05, 4.69) is 10.3 Å². The number of rotatable bonds is 3. The van der Waals surface area contributed by atoms with Crippen LogP contribution in [0, 0.1) is 0 Å². The Morgan fingerprint density at radius 1 is 1.78 bits per heavy atom. The molecule has 0 saturated carbocycles. The molecule has 0 radical (unpaired) electrons. The maximum atomic E-state index is 9.55. The van der Waals surface area contributed by atoms with E-state index in [9.17, 15) is 4.79 Å². The van der Waals surface area contributed by atoms with E-state index in [-0.39, 0.29) is 19.5 Å². The van der Waals surface area contributed by atoms with E-state index in [4.69, 9.17) is 10.8 Å². The first-order valence-corrected chi connectivity index (χ1v) is 2.10. The molecular weight excluding hydrogens is 177 g/mol. The van der Waals surface area contributed by atoms with Crippen molar-refractivity contribution in [3.8, 4) is 0 Å². The number of carbonyl (C=O) groups is 1. The molecule has 9 heavy (non-hydrogen) atoms. The smallest absolute Gasteiger partial charge is 0.448 e. The molecule has 5 nitrogen and oxygen atoms in total. The summed E-state index contributed by atoms with van der Waals surface area (Å²) < 4.78 is 0. The van der Waals surface area contributed by atoms with Gasteiger partial charge < -0.3 is 15.7 Å². The third-order valence-corrected chi connectivity index (χ3v) is 0.406. The summed E-state index contributed by atoms with van der Waals surface area (Å²) in [5, 5.41) is 7.81. The molecule has 6 heteroatoms. The molecule has 0 aromatic rings. The summed E-state index contributed by atoms with van der Waals surface area (Å²) >= 11 is 0. The van der Waals surface area contributed by atoms with Gasteiger partial charge in [-0.3, -0.25) is 0 Å². The van der Waals surface area contributed by atoms with Gasteiger partial charge in [-0.05, 0) is 0 Å². The molecule has 0 bridgehead atoms. The van der Waals surface area contributed by atoms with Crippen LogP contribution in [0.15, 0.2) is 0 Å². The SMILES string of the molecule is NCCNOC(=O)O.[Zn]. The summed E-state index contributed by atoms with van der Waals surface area (Å²) in [6, 6.07) is 0. The van der Waals surface area contributed by atoms with Crippen LogP contribution in [0.1, 0.15) is 0 Å². The van der Waals surface area contributed by atoms with Crippen LogP contribution in [0.5, 0.6) is 0 Å². The van der Waals surface area contributed by atoms with E-state index in [0.29, 0.717) is 13.1 Å². The van der Waals surface area contributed by atoms with Gasteiger partial charge in [0.1, 0.15) is 0 Å². The van der Waals surface area contributed by atoms with Crippen LogP contribution in [-0.4, -0.2) is 24.4 Å². The fraction of sp³-hybridized carbons (Fsp3) is 0.667. The molecule has 0 aromatic carbocycles. The normalized spacial score (nSPS) is 7.67. The average molecular weight is 185 g/mol. The first-order valence-electron chi connectivity index (χ1n) is 2.10. The predicted octanol–water partition coefficient (Wildman–Crippen LogP) is -0.858. The van der Waals surface area contributed by atoms with Crippen LogP contribution < -0.4 is 11.2 Å². The van der Waals surface area contributed by atoms with Crippen molar-refractivity contribution in [3.63, 3.8) is 0 Å². The summed E-state index contributed by atoms with van der Waals surface area (Å²) in [6.07, 6.45) is -1.35. The number of hydroxylamine groups is 1. The van der Waals surface area contributed by atoms with Gasteiger partial charge in [-0.25, -0.2) is 4.79 Å². The maximum Gasteiger partial charge on any atom is 0.525 e. The molecule has 0 spiro atoms. The number of hydrogen-bond donors (Lipinski definition) is 3. The molecule has 0 aliphatic carbocycles. The predicted molar refractivity (Wildman–Crippen MR) is 26.2 cm³/mol. The Kier molecular flexibility index (Phi) is 10.1. The fourth-order valence-corrected chi connectivity index (χ4v) is 0.172. The van der Waals surface area contributed by atoms with Gasteiger partial charge in [0.25, 0.3) is 0 Å². The zero-order valence-corrected chi connectivity index (χ0v) is 7.93. The van der Waals surface area contributed by atoms with E-state index in [0.717, 1.165) is 0 Å². The Bertz CT molecular complexity index is 79.5. The number of nitrogens with one attached hydrogen (secondary N) is 1. The molecule has 0 unspecified atom stereocenters. The van der Waals surface area contributed by atoms with Gasteiger partial charge in [0, 0.05) is 32.6 Å². The van der Waals surface area contributed by atoms with Crippen molar-refractivity contribution >= 4 is 6.16 Å². The van der Waals surface area contributed by atoms with Crippen LogP contribution in [0.2, 0.25) is 0 Å². The zero-order chi connectivity index (χ0) is 6.41. The molecule has 0 heterocycles. The van der Waals surface area contributed by atoms with Gasteiger partial charge >= 0.3 is 6.16 Å². The maximum absolute atomic E-state index is 9.55. The van der Waals surface area contributed by atoms with Crippen molar-refractivity contribution in [2.75, 3.05) is 13.1 Å². The van der Waals surface area contributed by atoms with Crippen LogP contribution in [0.4, 0.5) is 4.79 Å².